The van der Waals surface area contributed by atoms with Gasteiger partial charge in [0.25, 0.3) is 0 Å². The number of rotatable bonds is 3. The maximum atomic E-state index is 9.79. The van der Waals surface area contributed by atoms with Crippen molar-refractivity contribution in [3.05, 3.63) is 0 Å². The van der Waals surface area contributed by atoms with E-state index in [1.807, 2.05) is 13.8 Å². The van der Waals surface area contributed by atoms with Crippen LogP contribution in [0, 0.1) is 5.92 Å². The second-order valence-electron chi connectivity index (χ2n) is 3.98. The van der Waals surface area contributed by atoms with Gasteiger partial charge in [0.1, 0.15) is 6.23 Å². The van der Waals surface area contributed by atoms with Gasteiger partial charge in [-0.3, -0.25) is 4.90 Å². The summed E-state index contributed by atoms with van der Waals surface area (Å²) in [6.45, 7) is 6.09. The molecule has 0 bridgehead atoms. The van der Waals surface area contributed by atoms with Crippen molar-refractivity contribution in [3.8, 4) is 0 Å². The summed E-state index contributed by atoms with van der Waals surface area (Å²) in [4.78, 5) is 2.07. The molecular formula is C9H20N2O. The Bertz CT molecular complexity index is 130. The highest BCUT2D eigenvalue weighted by atomic mass is 16.3. The third kappa shape index (κ3) is 2.19. The smallest absolute Gasteiger partial charge is 0.122 e. The van der Waals surface area contributed by atoms with Crippen LogP contribution in [0.2, 0.25) is 0 Å². The molecule has 0 aromatic carbocycles. The van der Waals surface area contributed by atoms with Gasteiger partial charge in [-0.2, -0.15) is 0 Å². The molecule has 1 saturated heterocycles. The number of hydrogen-bond acceptors (Lipinski definition) is 3. The molecule has 3 nitrogen and oxygen atoms in total. The minimum atomic E-state index is -0.438. The zero-order valence-electron chi connectivity index (χ0n) is 8.03. The molecule has 0 amide bonds. The first-order valence-corrected chi connectivity index (χ1v) is 4.80. The molecule has 0 aromatic rings. The lowest BCUT2D eigenvalue weighted by Gasteiger charge is -2.29. The van der Waals surface area contributed by atoms with E-state index in [0.29, 0.717) is 5.92 Å². The van der Waals surface area contributed by atoms with E-state index in [0.717, 1.165) is 13.1 Å². The van der Waals surface area contributed by atoms with Crippen molar-refractivity contribution in [1.82, 2.24) is 4.90 Å². The lowest BCUT2D eigenvalue weighted by atomic mass is 10.0. The standard InChI is InChI=1S/C9H20N2O/c1-7(2)8(10)9(12)11-5-3-4-6-11/h7-9,12H,3-6,10H2,1-2H3/t8?,9-/m1/s1. The molecule has 0 aromatic heterocycles. The maximum Gasteiger partial charge on any atom is 0.122 e. The van der Waals surface area contributed by atoms with E-state index in [1.165, 1.54) is 12.8 Å². The third-order valence-electron chi connectivity index (χ3n) is 2.63. The Balaban J connectivity index is 2.39. The van der Waals surface area contributed by atoms with E-state index in [2.05, 4.69) is 4.90 Å². The van der Waals surface area contributed by atoms with Crippen LogP contribution in [0.5, 0.6) is 0 Å². The zero-order chi connectivity index (χ0) is 9.14. The summed E-state index contributed by atoms with van der Waals surface area (Å²) < 4.78 is 0. The number of likely N-dealkylation sites (tertiary alicyclic amines) is 1. The molecule has 3 heteroatoms. The van der Waals surface area contributed by atoms with Crippen LogP contribution in [0.1, 0.15) is 26.7 Å². The monoisotopic (exact) mass is 172 g/mol. The van der Waals surface area contributed by atoms with Gasteiger partial charge in [-0.25, -0.2) is 0 Å². The molecule has 1 heterocycles. The predicted octanol–water partition coefficient (Wildman–Crippen LogP) is 0.384. The molecule has 1 aliphatic rings. The molecule has 0 radical (unpaired) electrons. The predicted molar refractivity (Wildman–Crippen MR) is 49.6 cm³/mol. The van der Waals surface area contributed by atoms with Crippen molar-refractivity contribution in [1.29, 1.82) is 0 Å². The van der Waals surface area contributed by atoms with Crippen LogP contribution >= 0.6 is 0 Å². The summed E-state index contributed by atoms with van der Waals surface area (Å²) in [6, 6.07) is -0.108. The summed E-state index contributed by atoms with van der Waals surface area (Å²) >= 11 is 0. The van der Waals surface area contributed by atoms with Gasteiger partial charge >= 0.3 is 0 Å². The van der Waals surface area contributed by atoms with Gasteiger partial charge in [-0.1, -0.05) is 13.8 Å². The van der Waals surface area contributed by atoms with Gasteiger partial charge in [-0.05, 0) is 18.8 Å². The largest absolute Gasteiger partial charge is 0.377 e. The van der Waals surface area contributed by atoms with E-state index in [-0.39, 0.29) is 6.04 Å². The third-order valence-corrected chi connectivity index (χ3v) is 2.63. The Labute approximate surface area is 74.5 Å². The molecular weight excluding hydrogens is 152 g/mol. The Morgan fingerprint density at radius 1 is 1.25 bits per heavy atom. The van der Waals surface area contributed by atoms with Crippen molar-refractivity contribution in [2.75, 3.05) is 13.1 Å². The topological polar surface area (TPSA) is 49.5 Å². The highest BCUT2D eigenvalue weighted by Gasteiger charge is 2.26. The molecule has 0 saturated carbocycles. The number of nitrogens with zero attached hydrogens (tertiary/aromatic N) is 1. The van der Waals surface area contributed by atoms with Gasteiger partial charge in [0.15, 0.2) is 0 Å². The SMILES string of the molecule is CC(C)C(N)[C@@H](O)N1CCCC1. The molecule has 1 rings (SSSR count). The first-order valence-electron chi connectivity index (χ1n) is 4.80. The highest BCUT2D eigenvalue weighted by molar-refractivity contribution is 4.78. The fourth-order valence-corrected chi connectivity index (χ4v) is 1.59. The maximum absolute atomic E-state index is 9.79. The molecule has 1 unspecified atom stereocenters. The lowest BCUT2D eigenvalue weighted by molar-refractivity contribution is -0.0109. The minimum absolute atomic E-state index is 0.108. The van der Waals surface area contributed by atoms with Crippen molar-refractivity contribution >= 4 is 0 Å². The molecule has 3 N–H and O–H groups in total. The van der Waals surface area contributed by atoms with Gasteiger partial charge in [-0.15, -0.1) is 0 Å². The number of hydrogen-bond donors (Lipinski definition) is 2. The van der Waals surface area contributed by atoms with Gasteiger partial charge < -0.3 is 10.8 Å². The number of nitrogens with two attached hydrogens (primary N) is 1. The van der Waals surface area contributed by atoms with E-state index < -0.39 is 6.23 Å². The average Bonchev–Trinajstić information content (AvgIpc) is 2.53. The van der Waals surface area contributed by atoms with Crippen LogP contribution in [0.25, 0.3) is 0 Å². The zero-order valence-corrected chi connectivity index (χ0v) is 8.03. The van der Waals surface area contributed by atoms with Crippen LogP contribution in [0.3, 0.4) is 0 Å². The second-order valence-corrected chi connectivity index (χ2v) is 3.98. The van der Waals surface area contributed by atoms with Crippen LogP contribution in [-0.4, -0.2) is 35.4 Å². The van der Waals surface area contributed by atoms with Gasteiger partial charge in [0, 0.05) is 19.1 Å². The Kier molecular flexibility index (Phi) is 3.50. The number of aliphatic hydroxyl groups is 1. The first-order chi connectivity index (χ1) is 5.63. The Morgan fingerprint density at radius 2 is 1.75 bits per heavy atom. The average molecular weight is 172 g/mol. The van der Waals surface area contributed by atoms with Crippen LogP contribution < -0.4 is 5.73 Å². The second kappa shape index (κ2) is 4.21. The summed E-state index contributed by atoms with van der Waals surface area (Å²) in [6.07, 6.45) is 1.96. The number of aliphatic hydroxyl groups excluding tert-OH is 1. The Morgan fingerprint density at radius 3 is 2.17 bits per heavy atom. The fourth-order valence-electron chi connectivity index (χ4n) is 1.59. The molecule has 0 spiro atoms. The molecule has 0 aliphatic carbocycles. The van der Waals surface area contributed by atoms with Crippen molar-refractivity contribution in [3.63, 3.8) is 0 Å². The summed E-state index contributed by atoms with van der Waals surface area (Å²) in [5.41, 5.74) is 5.85. The summed E-state index contributed by atoms with van der Waals surface area (Å²) in [5, 5.41) is 9.79. The van der Waals surface area contributed by atoms with Crippen molar-refractivity contribution in [2.24, 2.45) is 11.7 Å². The van der Waals surface area contributed by atoms with Gasteiger partial charge in [0.2, 0.25) is 0 Å². The van der Waals surface area contributed by atoms with E-state index in [4.69, 9.17) is 5.73 Å². The quantitative estimate of drug-likeness (QED) is 0.647. The molecule has 12 heavy (non-hydrogen) atoms. The van der Waals surface area contributed by atoms with E-state index in [1.54, 1.807) is 0 Å². The fraction of sp³-hybridized carbons (Fsp3) is 1.00. The lowest BCUT2D eigenvalue weighted by Crippen LogP contribution is -2.49. The molecule has 1 fully saturated rings. The minimum Gasteiger partial charge on any atom is -0.377 e. The Hall–Kier alpha value is -0.120. The molecule has 2 atom stereocenters. The first kappa shape index (κ1) is 9.96. The van der Waals surface area contributed by atoms with E-state index in [9.17, 15) is 5.11 Å². The molecule has 1 aliphatic heterocycles. The highest BCUT2D eigenvalue weighted by Crippen LogP contribution is 2.14. The normalized spacial score (nSPS) is 24.8. The van der Waals surface area contributed by atoms with Crippen LogP contribution in [-0.2, 0) is 0 Å². The summed E-state index contributed by atoms with van der Waals surface area (Å²) in [5.74, 6) is 0.348. The van der Waals surface area contributed by atoms with Crippen LogP contribution in [0.15, 0.2) is 0 Å². The van der Waals surface area contributed by atoms with Crippen molar-refractivity contribution < 1.29 is 5.11 Å². The van der Waals surface area contributed by atoms with Gasteiger partial charge in [0.05, 0.1) is 0 Å². The van der Waals surface area contributed by atoms with E-state index >= 15 is 0 Å². The summed E-state index contributed by atoms with van der Waals surface area (Å²) in [7, 11) is 0. The molecule has 72 valence electrons. The van der Waals surface area contributed by atoms with Crippen LogP contribution in [0.4, 0.5) is 0 Å². The van der Waals surface area contributed by atoms with Crippen molar-refractivity contribution in [2.45, 2.75) is 39.0 Å².